The number of pyridine rings is 1. The van der Waals surface area contributed by atoms with Crippen molar-refractivity contribution in [2.45, 2.75) is 0 Å². The number of hydrogen-bond acceptors (Lipinski definition) is 3. The zero-order valence-electron chi connectivity index (χ0n) is 10.7. The molecule has 2 rings (SSSR count). The molecule has 0 unspecified atom stereocenters. The number of benzene rings is 1. The molecule has 6 heteroatoms. The van der Waals surface area contributed by atoms with Crippen LogP contribution in [-0.2, 0) is 0 Å². The predicted octanol–water partition coefficient (Wildman–Crippen LogP) is 2.35. The van der Waals surface area contributed by atoms with Crippen LogP contribution >= 0.6 is 11.6 Å². The molecule has 1 aromatic heterocycles. The molecule has 2 N–H and O–H groups in total. The second-order valence-electron chi connectivity index (χ2n) is 3.96. The number of nitrogens with one attached hydrogen (secondary N) is 2. The molecule has 0 aliphatic rings. The molecule has 1 heterocycles. The van der Waals surface area contributed by atoms with Crippen LogP contribution in [0.15, 0.2) is 42.6 Å². The quantitative estimate of drug-likeness (QED) is 0.852. The van der Waals surface area contributed by atoms with Gasteiger partial charge >= 0.3 is 0 Å². The van der Waals surface area contributed by atoms with E-state index in [9.17, 15) is 9.59 Å². The lowest BCUT2D eigenvalue weighted by atomic mass is 10.2. The van der Waals surface area contributed by atoms with E-state index in [1.165, 1.54) is 6.20 Å². The number of anilines is 1. The van der Waals surface area contributed by atoms with Crippen LogP contribution in [0, 0.1) is 0 Å². The molecule has 20 heavy (non-hydrogen) atoms. The van der Waals surface area contributed by atoms with Gasteiger partial charge in [-0.05, 0) is 30.3 Å². The number of hydrogen-bond donors (Lipinski definition) is 2. The highest BCUT2D eigenvalue weighted by molar-refractivity contribution is 6.33. The zero-order chi connectivity index (χ0) is 14.5. The lowest BCUT2D eigenvalue weighted by molar-refractivity contribution is 0.0961. The summed E-state index contributed by atoms with van der Waals surface area (Å²) in [5, 5.41) is 5.33. The van der Waals surface area contributed by atoms with Crippen molar-refractivity contribution in [3.63, 3.8) is 0 Å². The third-order valence-corrected chi connectivity index (χ3v) is 2.91. The van der Waals surface area contributed by atoms with Crippen molar-refractivity contribution in [3.05, 3.63) is 58.9 Å². The molecule has 0 aliphatic heterocycles. The Morgan fingerprint density at radius 1 is 1.15 bits per heavy atom. The molecular weight excluding hydrogens is 278 g/mol. The average Bonchev–Trinajstić information content (AvgIpc) is 2.47. The normalized spacial score (nSPS) is 9.90. The summed E-state index contributed by atoms with van der Waals surface area (Å²) >= 11 is 5.85. The summed E-state index contributed by atoms with van der Waals surface area (Å²) in [7, 11) is 1.54. The molecule has 2 aromatic rings. The summed E-state index contributed by atoms with van der Waals surface area (Å²) in [5.41, 5.74) is 1.25. The Balaban J connectivity index is 2.20. The molecule has 0 radical (unpaired) electrons. The van der Waals surface area contributed by atoms with E-state index < -0.39 is 0 Å². The summed E-state index contributed by atoms with van der Waals surface area (Å²) in [6, 6.07) is 9.82. The maximum Gasteiger partial charge on any atom is 0.258 e. The summed E-state index contributed by atoms with van der Waals surface area (Å²) < 4.78 is 0. The number of halogens is 1. The van der Waals surface area contributed by atoms with E-state index in [1.54, 1.807) is 43.4 Å². The van der Waals surface area contributed by atoms with Gasteiger partial charge in [-0.15, -0.1) is 0 Å². The Bertz CT molecular complexity index is 658. The van der Waals surface area contributed by atoms with E-state index in [2.05, 4.69) is 15.6 Å². The van der Waals surface area contributed by atoms with Crippen molar-refractivity contribution in [1.82, 2.24) is 10.3 Å². The topological polar surface area (TPSA) is 71.1 Å². The van der Waals surface area contributed by atoms with Gasteiger partial charge < -0.3 is 10.6 Å². The van der Waals surface area contributed by atoms with Crippen LogP contribution < -0.4 is 10.6 Å². The van der Waals surface area contributed by atoms with Crippen molar-refractivity contribution < 1.29 is 9.59 Å². The minimum atomic E-state index is -0.378. The van der Waals surface area contributed by atoms with Crippen LogP contribution in [0.25, 0.3) is 0 Å². The van der Waals surface area contributed by atoms with Crippen LogP contribution in [-0.4, -0.2) is 23.8 Å². The van der Waals surface area contributed by atoms with Crippen molar-refractivity contribution in [1.29, 1.82) is 0 Å². The van der Waals surface area contributed by atoms with Crippen LogP contribution in [0.1, 0.15) is 20.7 Å². The largest absolute Gasteiger partial charge is 0.355 e. The first-order chi connectivity index (χ1) is 9.61. The SMILES string of the molecule is CNC(=O)c1cccc(NC(=O)c2cccnc2Cl)c1. The van der Waals surface area contributed by atoms with Gasteiger partial charge in [-0.2, -0.15) is 0 Å². The Morgan fingerprint density at radius 3 is 2.65 bits per heavy atom. The minimum Gasteiger partial charge on any atom is -0.355 e. The molecule has 1 aromatic carbocycles. The first-order valence-corrected chi connectivity index (χ1v) is 6.23. The molecule has 0 fully saturated rings. The zero-order valence-corrected chi connectivity index (χ0v) is 11.4. The third-order valence-electron chi connectivity index (χ3n) is 2.61. The second kappa shape index (κ2) is 6.16. The average molecular weight is 290 g/mol. The van der Waals surface area contributed by atoms with Crippen molar-refractivity contribution in [2.75, 3.05) is 12.4 Å². The molecule has 0 aliphatic carbocycles. The molecule has 0 atom stereocenters. The van der Waals surface area contributed by atoms with Gasteiger partial charge in [0.2, 0.25) is 0 Å². The molecule has 2 amide bonds. The van der Waals surface area contributed by atoms with E-state index in [-0.39, 0.29) is 22.5 Å². The Labute approximate surface area is 121 Å². The Hall–Kier alpha value is -2.40. The molecule has 5 nitrogen and oxygen atoms in total. The number of carbonyl (C=O) groups is 2. The number of carbonyl (C=O) groups excluding carboxylic acids is 2. The Morgan fingerprint density at radius 2 is 1.95 bits per heavy atom. The van der Waals surface area contributed by atoms with E-state index >= 15 is 0 Å². The first-order valence-electron chi connectivity index (χ1n) is 5.86. The predicted molar refractivity (Wildman–Crippen MR) is 77.0 cm³/mol. The van der Waals surface area contributed by atoms with Gasteiger partial charge in [0.15, 0.2) is 0 Å². The van der Waals surface area contributed by atoms with Crippen LogP contribution in [0.4, 0.5) is 5.69 Å². The fraction of sp³-hybridized carbons (Fsp3) is 0.0714. The van der Waals surface area contributed by atoms with E-state index in [0.717, 1.165) is 0 Å². The summed E-state index contributed by atoms with van der Waals surface area (Å²) in [5.74, 6) is -0.599. The molecule has 0 spiro atoms. The maximum atomic E-state index is 12.0. The maximum absolute atomic E-state index is 12.0. The van der Waals surface area contributed by atoms with Gasteiger partial charge in [0.1, 0.15) is 5.15 Å². The Kier molecular flexibility index (Phi) is 4.32. The van der Waals surface area contributed by atoms with Crippen LogP contribution in [0.3, 0.4) is 0 Å². The molecule has 102 valence electrons. The molecule has 0 saturated carbocycles. The lowest BCUT2D eigenvalue weighted by Crippen LogP contribution is -2.18. The van der Waals surface area contributed by atoms with Crippen molar-refractivity contribution in [2.24, 2.45) is 0 Å². The highest BCUT2D eigenvalue weighted by atomic mass is 35.5. The van der Waals surface area contributed by atoms with Gasteiger partial charge in [-0.1, -0.05) is 17.7 Å². The fourth-order valence-electron chi connectivity index (χ4n) is 1.64. The standard InChI is InChI=1S/C14H12ClN3O2/c1-16-13(19)9-4-2-5-10(8-9)18-14(20)11-6-3-7-17-12(11)15/h2-8H,1H3,(H,16,19)(H,18,20). The van der Waals surface area contributed by atoms with Gasteiger partial charge in [-0.25, -0.2) is 4.98 Å². The van der Waals surface area contributed by atoms with E-state index in [0.29, 0.717) is 11.3 Å². The molecular formula is C14H12ClN3O2. The summed E-state index contributed by atoms with van der Waals surface area (Å²) in [6.45, 7) is 0. The van der Waals surface area contributed by atoms with E-state index in [1.807, 2.05) is 0 Å². The van der Waals surface area contributed by atoms with E-state index in [4.69, 9.17) is 11.6 Å². The van der Waals surface area contributed by atoms with Gasteiger partial charge in [0.05, 0.1) is 5.56 Å². The molecule has 0 saturated heterocycles. The molecule has 0 bridgehead atoms. The smallest absolute Gasteiger partial charge is 0.258 e. The number of rotatable bonds is 3. The van der Waals surface area contributed by atoms with Gasteiger partial charge in [0, 0.05) is 24.5 Å². The summed E-state index contributed by atoms with van der Waals surface area (Å²) in [6.07, 6.45) is 1.51. The van der Waals surface area contributed by atoms with Crippen molar-refractivity contribution in [3.8, 4) is 0 Å². The van der Waals surface area contributed by atoms with Crippen molar-refractivity contribution >= 4 is 29.1 Å². The minimum absolute atomic E-state index is 0.132. The van der Waals surface area contributed by atoms with Crippen LogP contribution in [0.5, 0.6) is 0 Å². The van der Waals surface area contributed by atoms with Crippen LogP contribution in [0.2, 0.25) is 5.15 Å². The highest BCUT2D eigenvalue weighted by Crippen LogP contribution is 2.16. The van der Waals surface area contributed by atoms with Gasteiger partial charge in [0.25, 0.3) is 11.8 Å². The first kappa shape index (κ1) is 14.0. The number of nitrogens with zero attached hydrogens (tertiary/aromatic N) is 1. The third kappa shape index (κ3) is 3.13. The van der Waals surface area contributed by atoms with Gasteiger partial charge in [-0.3, -0.25) is 9.59 Å². The number of amides is 2. The lowest BCUT2D eigenvalue weighted by Gasteiger charge is -2.07. The summed E-state index contributed by atoms with van der Waals surface area (Å²) in [4.78, 5) is 27.4. The highest BCUT2D eigenvalue weighted by Gasteiger charge is 2.11. The number of aromatic nitrogens is 1. The monoisotopic (exact) mass is 289 g/mol. The fourth-order valence-corrected chi connectivity index (χ4v) is 1.84. The second-order valence-corrected chi connectivity index (χ2v) is 4.31.